The molecule has 1 aromatic heterocycles. The summed E-state index contributed by atoms with van der Waals surface area (Å²) < 4.78 is 2.79. The van der Waals surface area contributed by atoms with Crippen LogP contribution in [-0.2, 0) is 5.41 Å². The minimum Gasteiger partial charge on any atom is -0.311 e. The van der Waals surface area contributed by atoms with Gasteiger partial charge in [-0.2, -0.15) is 0 Å². The third kappa shape index (κ3) is 4.26. The molecule has 43 heavy (non-hydrogen) atoms. The van der Waals surface area contributed by atoms with Crippen molar-refractivity contribution in [3.8, 4) is 0 Å². The van der Waals surface area contributed by atoms with E-state index in [1.807, 2.05) is 11.3 Å². The van der Waals surface area contributed by atoms with Crippen LogP contribution < -0.4 is 4.90 Å². The number of nitrogens with zero attached hydrogens (tertiary/aromatic N) is 1. The molecule has 0 spiro atoms. The Hall–Kier alpha value is -4.14. The highest BCUT2D eigenvalue weighted by Crippen LogP contribution is 2.54. The third-order valence-corrected chi connectivity index (χ3v) is 11.2. The van der Waals surface area contributed by atoms with Crippen molar-refractivity contribution in [3.05, 3.63) is 155 Å². The Morgan fingerprint density at radius 1 is 0.744 bits per heavy atom. The van der Waals surface area contributed by atoms with E-state index in [0.717, 1.165) is 6.42 Å². The molecule has 0 bridgehead atoms. The summed E-state index contributed by atoms with van der Waals surface area (Å²) in [5.74, 6) is 1.33. The first-order chi connectivity index (χ1) is 20.9. The van der Waals surface area contributed by atoms with Crippen LogP contribution in [0.2, 0.25) is 0 Å². The van der Waals surface area contributed by atoms with Crippen LogP contribution in [0.5, 0.6) is 0 Å². The number of benzene rings is 4. The summed E-state index contributed by atoms with van der Waals surface area (Å²) in [7, 11) is 0. The van der Waals surface area contributed by atoms with Crippen molar-refractivity contribution in [1.82, 2.24) is 0 Å². The van der Waals surface area contributed by atoms with E-state index in [0.29, 0.717) is 17.8 Å². The summed E-state index contributed by atoms with van der Waals surface area (Å²) in [6, 6.07) is 29.8. The molecule has 1 nitrogen and oxygen atoms in total. The Morgan fingerprint density at radius 3 is 2.35 bits per heavy atom. The van der Waals surface area contributed by atoms with Gasteiger partial charge in [-0.3, -0.25) is 0 Å². The summed E-state index contributed by atoms with van der Waals surface area (Å²) in [4.78, 5) is 2.48. The van der Waals surface area contributed by atoms with Gasteiger partial charge in [0.1, 0.15) is 0 Å². The maximum Gasteiger partial charge on any atom is 0.0466 e. The molecule has 212 valence electrons. The summed E-state index contributed by atoms with van der Waals surface area (Å²) >= 11 is 1.93. The van der Waals surface area contributed by atoms with Gasteiger partial charge in [0, 0.05) is 49.1 Å². The zero-order valence-electron chi connectivity index (χ0n) is 25.3. The molecule has 0 fully saturated rings. The summed E-state index contributed by atoms with van der Waals surface area (Å²) in [6.45, 7) is 9.25. The van der Waals surface area contributed by atoms with E-state index in [4.69, 9.17) is 0 Å². The molecule has 3 aliphatic rings. The molecule has 0 saturated heterocycles. The van der Waals surface area contributed by atoms with Crippen LogP contribution in [0.3, 0.4) is 0 Å². The maximum absolute atomic E-state index is 2.48. The number of hydrogen-bond donors (Lipinski definition) is 0. The highest BCUT2D eigenvalue weighted by Gasteiger charge is 2.44. The average molecular weight is 576 g/mol. The molecule has 3 atom stereocenters. The smallest absolute Gasteiger partial charge is 0.0466 e. The van der Waals surface area contributed by atoms with Gasteiger partial charge in [0.2, 0.25) is 0 Å². The van der Waals surface area contributed by atoms with Crippen molar-refractivity contribution in [1.29, 1.82) is 0 Å². The van der Waals surface area contributed by atoms with Crippen LogP contribution in [0.25, 0.3) is 20.2 Å². The normalized spacial score (nSPS) is 21.7. The van der Waals surface area contributed by atoms with E-state index in [9.17, 15) is 0 Å². The fraction of sp³-hybridized carbons (Fsp3) is 0.220. The fourth-order valence-electron chi connectivity index (χ4n) is 7.90. The van der Waals surface area contributed by atoms with Crippen molar-refractivity contribution in [2.45, 2.75) is 51.4 Å². The number of anilines is 2. The van der Waals surface area contributed by atoms with Gasteiger partial charge < -0.3 is 4.90 Å². The van der Waals surface area contributed by atoms with Gasteiger partial charge in [-0.25, -0.2) is 0 Å². The SMILES string of the molecule is Cc1cc(C)cc(N(C2=CCC(c3cccc4c3sc3ccccc34)C=C2)c2ccc3c(c2)C(C)(C)C2C=CC=CC32)c1. The largest absolute Gasteiger partial charge is 0.311 e. The van der Waals surface area contributed by atoms with Crippen LogP contribution in [0.4, 0.5) is 11.4 Å². The molecule has 3 aliphatic carbocycles. The lowest BCUT2D eigenvalue weighted by Crippen LogP contribution is -2.25. The van der Waals surface area contributed by atoms with Crippen LogP contribution in [-0.4, -0.2) is 0 Å². The van der Waals surface area contributed by atoms with E-state index < -0.39 is 0 Å². The second-order valence-corrected chi connectivity index (χ2v) is 14.2. The molecular formula is C41H37NS. The van der Waals surface area contributed by atoms with Gasteiger partial charge in [0.15, 0.2) is 0 Å². The van der Waals surface area contributed by atoms with Crippen LogP contribution >= 0.6 is 11.3 Å². The van der Waals surface area contributed by atoms with Crippen molar-refractivity contribution in [3.63, 3.8) is 0 Å². The second kappa shape index (κ2) is 9.96. The van der Waals surface area contributed by atoms with Gasteiger partial charge in [-0.1, -0.05) is 98.8 Å². The number of aryl methyl sites for hydroxylation is 2. The van der Waals surface area contributed by atoms with E-state index in [-0.39, 0.29) is 5.41 Å². The van der Waals surface area contributed by atoms with E-state index >= 15 is 0 Å². The first kappa shape index (κ1) is 26.5. The molecule has 0 N–H and O–H groups in total. The van der Waals surface area contributed by atoms with Gasteiger partial charge in [0.05, 0.1) is 0 Å². The number of rotatable bonds is 4. The van der Waals surface area contributed by atoms with Crippen LogP contribution in [0, 0.1) is 19.8 Å². The predicted molar refractivity (Wildman–Crippen MR) is 186 cm³/mol. The number of allylic oxidation sites excluding steroid dienone is 7. The van der Waals surface area contributed by atoms with E-state index in [1.54, 1.807) is 0 Å². The lowest BCUT2D eigenvalue weighted by Gasteiger charge is -2.32. The van der Waals surface area contributed by atoms with Gasteiger partial charge in [-0.05, 0) is 95.8 Å². The third-order valence-electron chi connectivity index (χ3n) is 9.95. The summed E-state index contributed by atoms with van der Waals surface area (Å²) in [6.07, 6.45) is 17.5. The first-order valence-corrected chi connectivity index (χ1v) is 16.4. The van der Waals surface area contributed by atoms with Crippen molar-refractivity contribution < 1.29 is 0 Å². The predicted octanol–water partition coefficient (Wildman–Crippen LogP) is 11.6. The van der Waals surface area contributed by atoms with E-state index in [2.05, 4.69) is 154 Å². The second-order valence-electron chi connectivity index (χ2n) is 13.1. The van der Waals surface area contributed by atoms with Crippen LogP contribution in [0.15, 0.2) is 127 Å². The van der Waals surface area contributed by atoms with Gasteiger partial charge >= 0.3 is 0 Å². The van der Waals surface area contributed by atoms with Crippen LogP contribution in [0.1, 0.15) is 59.9 Å². The molecule has 4 aromatic carbocycles. The van der Waals surface area contributed by atoms with E-state index in [1.165, 1.54) is 65.1 Å². The molecule has 0 amide bonds. The number of hydrogen-bond acceptors (Lipinski definition) is 2. The molecule has 2 heteroatoms. The van der Waals surface area contributed by atoms with Crippen molar-refractivity contribution in [2.24, 2.45) is 5.92 Å². The Morgan fingerprint density at radius 2 is 1.53 bits per heavy atom. The molecule has 0 saturated carbocycles. The molecule has 1 heterocycles. The van der Waals surface area contributed by atoms with Gasteiger partial charge in [0.25, 0.3) is 0 Å². The Labute approximate surface area is 259 Å². The maximum atomic E-state index is 2.48. The Kier molecular flexibility index (Phi) is 6.14. The lowest BCUT2D eigenvalue weighted by atomic mass is 9.74. The molecule has 8 rings (SSSR count). The lowest BCUT2D eigenvalue weighted by molar-refractivity contribution is 0.394. The topological polar surface area (TPSA) is 3.24 Å². The summed E-state index contributed by atoms with van der Waals surface area (Å²) in [5, 5.41) is 2.75. The molecule has 0 aliphatic heterocycles. The molecule has 5 aromatic rings. The monoisotopic (exact) mass is 575 g/mol. The minimum absolute atomic E-state index is 0.0796. The molecular weight excluding hydrogens is 539 g/mol. The van der Waals surface area contributed by atoms with Crippen molar-refractivity contribution in [2.75, 3.05) is 4.90 Å². The minimum atomic E-state index is 0.0796. The van der Waals surface area contributed by atoms with Crippen molar-refractivity contribution >= 4 is 42.9 Å². The van der Waals surface area contributed by atoms with Gasteiger partial charge in [-0.15, -0.1) is 11.3 Å². The zero-order chi connectivity index (χ0) is 29.3. The Balaban J connectivity index is 1.20. The first-order valence-electron chi connectivity index (χ1n) is 15.5. The zero-order valence-corrected chi connectivity index (χ0v) is 26.2. The quantitative estimate of drug-likeness (QED) is 0.206. The number of fused-ring (bicyclic) bond motifs is 6. The highest BCUT2D eigenvalue weighted by atomic mass is 32.1. The Bertz CT molecular complexity index is 2010. The standard InChI is InChI=1S/C41H37NS/c1-26-22-27(2)24-31(23-26)42(30-20-21-34-33-10-5-7-14-37(33)41(3,4)38(34)25-30)29-18-16-28(17-19-29)32-12-9-13-36-35-11-6-8-15-39(35)43-40(32)36/h5-16,18-25,28,33,37H,17H2,1-4H3. The number of thiophene rings is 1. The summed E-state index contributed by atoms with van der Waals surface area (Å²) in [5.41, 5.74) is 10.8. The average Bonchev–Trinajstić information content (AvgIpc) is 3.50. The fourth-order valence-corrected chi connectivity index (χ4v) is 9.18. The highest BCUT2D eigenvalue weighted by molar-refractivity contribution is 7.26. The molecule has 0 radical (unpaired) electrons. The molecule has 3 unspecified atom stereocenters.